The average molecular weight is 271 g/mol. The van der Waals surface area contributed by atoms with Gasteiger partial charge in [0, 0.05) is 30.6 Å². The number of benzene rings is 1. The highest BCUT2D eigenvalue weighted by atomic mass is 16.2. The van der Waals surface area contributed by atoms with Crippen molar-refractivity contribution in [3.8, 4) is 11.8 Å². The first kappa shape index (κ1) is 14.6. The molecule has 2 rings (SSSR count). The van der Waals surface area contributed by atoms with Crippen LogP contribution in [0.1, 0.15) is 43.2 Å². The van der Waals surface area contributed by atoms with Gasteiger partial charge < -0.3 is 10.0 Å². The van der Waals surface area contributed by atoms with Crippen LogP contribution in [-0.2, 0) is 4.79 Å². The van der Waals surface area contributed by atoms with Crippen molar-refractivity contribution in [2.24, 2.45) is 0 Å². The van der Waals surface area contributed by atoms with Gasteiger partial charge >= 0.3 is 0 Å². The molecule has 0 saturated carbocycles. The van der Waals surface area contributed by atoms with Crippen LogP contribution in [0.2, 0.25) is 0 Å². The molecular formula is C17H21NO2. The van der Waals surface area contributed by atoms with E-state index in [1.165, 1.54) is 0 Å². The molecule has 1 saturated heterocycles. The summed E-state index contributed by atoms with van der Waals surface area (Å²) in [4.78, 5) is 14.0. The molecule has 0 radical (unpaired) electrons. The first-order valence-corrected chi connectivity index (χ1v) is 7.23. The largest absolute Gasteiger partial charge is 0.395 e. The van der Waals surface area contributed by atoms with Gasteiger partial charge in [-0.05, 0) is 37.5 Å². The van der Waals surface area contributed by atoms with E-state index in [1.54, 1.807) is 0 Å². The van der Waals surface area contributed by atoms with Gasteiger partial charge in [0.25, 0.3) is 0 Å². The van der Waals surface area contributed by atoms with Gasteiger partial charge in [0.05, 0.1) is 6.61 Å². The van der Waals surface area contributed by atoms with Crippen LogP contribution in [0.5, 0.6) is 0 Å². The van der Waals surface area contributed by atoms with Gasteiger partial charge in [-0.2, -0.15) is 0 Å². The van der Waals surface area contributed by atoms with Crippen molar-refractivity contribution in [2.45, 2.75) is 39.0 Å². The second-order valence-corrected chi connectivity index (χ2v) is 5.13. The fraction of sp³-hybridized carbons (Fsp3) is 0.471. The normalized spacial score (nSPS) is 15.5. The molecule has 1 aliphatic heterocycles. The molecule has 0 atom stereocenters. The zero-order valence-corrected chi connectivity index (χ0v) is 12.0. The number of hydrogen-bond acceptors (Lipinski definition) is 2. The quantitative estimate of drug-likeness (QED) is 0.840. The first-order chi connectivity index (χ1) is 9.72. The molecule has 0 spiro atoms. The molecule has 0 unspecified atom stereocenters. The van der Waals surface area contributed by atoms with Crippen molar-refractivity contribution < 1.29 is 9.90 Å². The number of carbonyl (C=O) groups is 1. The third-order valence-corrected chi connectivity index (χ3v) is 3.57. The van der Waals surface area contributed by atoms with Gasteiger partial charge in [-0.15, -0.1) is 0 Å². The number of nitrogens with zero attached hydrogens (tertiary/aromatic N) is 1. The molecule has 3 nitrogen and oxygen atoms in total. The number of aliphatic hydroxyl groups is 1. The Morgan fingerprint density at radius 1 is 1.30 bits per heavy atom. The number of aryl methyl sites for hydroxylation is 1. The summed E-state index contributed by atoms with van der Waals surface area (Å²) in [5, 5.41) is 8.78. The third kappa shape index (κ3) is 3.61. The number of anilines is 1. The maximum atomic E-state index is 12.1. The first-order valence-electron chi connectivity index (χ1n) is 7.23. The third-order valence-electron chi connectivity index (χ3n) is 3.57. The fourth-order valence-corrected chi connectivity index (χ4v) is 2.38. The number of hydrogen-bond donors (Lipinski definition) is 1. The fourth-order valence-electron chi connectivity index (χ4n) is 2.38. The summed E-state index contributed by atoms with van der Waals surface area (Å²) in [5.74, 6) is 6.23. The number of carbonyl (C=O) groups excluding carboxylic acids is 1. The summed E-state index contributed by atoms with van der Waals surface area (Å²) in [6, 6.07) is 6.00. The van der Waals surface area contributed by atoms with Crippen LogP contribution in [0.15, 0.2) is 18.2 Å². The van der Waals surface area contributed by atoms with E-state index in [4.69, 9.17) is 5.11 Å². The molecule has 1 aromatic carbocycles. The highest BCUT2D eigenvalue weighted by Gasteiger charge is 2.18. The maximum Gasteiger partial charge on any atom is 0.226 e. The van der Waals surface area contributed by atoms with Crippen molar-refractivity contribution >= 4 is 11.6 Å². The summed E-state index contributed by atoms with van der Waals surface area (Å²) < 4.78 is 0. The zero-order valence-electron chi connectivity index (χ0n) is 12.0. The molecule has 1 heterocycles. The Balaban J connectivity index is 2.26. The van der Waals surface area contributed by atoms with Crippen LogP contribution in [0.4, 0.5) is 5.69 Å². The Labute approximate surface area is 120 Å². The lowest BCUT2D eigenvalue weighted by atomic mass is 10.1. The highest BCUT2D eigenvalue weighted by molar-refractivity contribution is 5.93. The standard InChI is InChI=1S/C17H21NO2/c1-14-9-10-16(13-15(14)7-4-6-12-19)18-11-5-2-3-8-17(18)20/h9-10,13,19H,2-3,5-6,8,11-12H2,1H3. The average Bonchev–Trinajstić information content (AvgIpc) is 2.66. The van der Waals surface area contributed by atoms with Gasteiger partial charge in [-0.1, -0.05) is 24.3 Å². The van der Waals surface area contributed by atoms with Gasteiger partial charge in [0.15, 0.2) is 0 Å². The van der Waals surface area contributed by atoms with E-state index in [1.807, 2.05) is 30.0 Å². The van der Waals surface area contributed by atoms with Gasteiger partial charge in [-0.3, -0.25) is 4.79 Å². The SMILES string of the molecule is Cc1ccc(N2CCCCCC2=O)cc1C#CCCO. The predicted molar refractivity (Wildman–Crippen MR) is 80.6 cm³/mol. The van der Waals surface area contributed by atoms with E-state index < -0.39 is 0 Å². The Kier molecular flexibility index (Phi) is 5.20. The summed E-state index contributed by atoms with van der Waals surface area (Å²) in [6.07, 6.45) is 4.29. The van der Waals surface area contributed by atoms with Crippen LogP contribution < -0.4 is 4.90 Å². The van der Waals surface area contributed by atoms with Crippen LogP contribution in [0.25, 0.3) is 0 Å². The van der Waals surface area contributed by atoms with Crippen LogP contribution >= 0.6 is 0 Å². The Morgan fingerprint density at radius 2 is 2.15 bits per heavy atom. The predicted octanol–water partition coefficient (Wildman–Crippen LogP) is 2.64. The second-order valence-electron chi connectivity index (χ2n) is 5.13. The van der Waals surface area contributed by atoms with E-state index in [9.17, 15) is 4.79 Å². The Bertz CT molecular complexity index is 540. The molecule has 0 aromatic heterocycles. The van der Waals surface area contributed by atoms with Crippen molar-refractivity contribution in [1.82, 2.24) is 0 Å². The molecule has 1 amide bonds. The van der Waals surface area contributed by atoms with E-state index >= 15 is 0 Å². The van der Waals surface area contributed by atoms with Crippen molar-refractivity contribution in [2.75, 3.05) is 18.1 Å². The smallest absolute Gasteiger partial charge is 0.226 e. The topological polar surface area (TPSA) is 40.5 Å². The summed E-state index contributed by atoms with van der Waals surface area (Å²) in [5.41, 5.74) is 2.98. The number of rotatable bonds is 2. The number of aliphatic hydroxyl groups excluding tert-OH is 1. The molecule has 106 valence electrons. The lowest BCUT2D eigenvalue weighted by Gasteiger charge is -2.21. The van der Waals surface area contributed by atoms with Crippen LogP contribution in [0, 0.1) is 18.8 Å². The minimum atomic E-state index is 0.0797. The summed E-state index contributed by atoms with van der Waals surface area (Å²) >= 11 is 0. The summed E-state index contributed by atoms with van der Waals surface area (Å²) in [6.45, 7) is 2.89. The second kappa shape index (κ2) is 7.12. The van der Waals surface area contributed by atoms with E-state index in [0.29, 0.717) is 12.8 Å². The molecule has 1 aliphatic rings. The monoisotopic (exact) mass is 271 g/mol. The van der Waals surface area contributed by atoms with Gasteiger partial charge in [0.2, 0.25) is 5.91 Å². The van der Waals surface area contributed by atoms with Gasteiger partial charge in [0.1, 0.15) is 0 Å². The van der Waals surface area contributed by atoms with E-state index in [0.717, 1.165) is 42.6 Å². The molecule has 1 aromatic rings. The maximum absolute atomic E-state index is 12.1. The minimum absolute atomic E-state index is 0.0797. The Hall–Kier alpha value is -1.79. The minimum Gasteiger partial charge on any atom is -0.395 e. The zero-order chi connectivity index (χ0) is 14.4. The molecule has 1 fully saturated rings. The van der Waals surface area contributed by atoms with E-state index in [-0.39, 0.29) is 12.5 Å². The molecule has 20 heavy (non-hydrogen) atoms. The lowest BCUT2D eigenvalue weighted by molar-refractivity contribution is -0.118. The molecule has 0 bridgehead atoms. The van der Waals surface area contributed by atoms with Crippen LogP contribution in [-0.4, -0.2) is 24.2 Å². The molecule has 0 aliphatic carbocycles. The van der Waals surface area contributed by atoms with Crippen molar-refractivity contribution in [1.29, 1.82) is 0 Å². The number of amides is 1. The van der Waals surface area contributed by atoms with E-state index in [2.05, 4.69) is 11.8 Å². The molecule has 3 heteroatoms. The summed E-state index contributed by atoms with van der Waals surface area (Å²) in [7, 11) is 0. The molecule has 1 N–H and O–H groups in total. The van der Waals surface area contributed by atoms with Crippen molar-refractivity contribution in [3.63, 3.8) is 0 Å². The van der Waals surface area contributed by atoms with Gasteiger partial charge in [-0.25, -0.2) is 0 Å². The lowest BCUT2D eigenvalue weighted by Crippen LogP contribution is -2.30. The van der Waals surface area contributed by atoms with Crippen molar-refractivity contribution in [3.05, 3.63) is 29.3 Å². The molecular weight excluding hydrogens is 250 g/mol. The van der Waals surface area contributed by atoms with Crippen LogP contribution in [0.3, 0.4) is 0 Å². The highest BCUT2D eigenvalue weighted by Crippen LogP contribution is 2.23. The Morgan fingerprint density at radius 3 is 2.95 bits per heavy atom.